The fraction of sp³-hybridized carbons (Fsp3) is 0.667. The minimum absolute atomic E-state index is 0.416. The Bertz CT molecular complexity index is 755. The molecule has 0 unspecified atom stereocenters. The van der Waals surface area contributed by atoms with Crippen molar-refractivity contribution in [2.45, 2.75) is 18.9 Å². The van der Waals surface area contributed by atoms with Gasteiger partial charge in [-0.15, -0.1) is 0 Å². The van der Waals surface area contributed by atoms with E-state index in [9.17, 15) is 8.42 Å². The lowest BCUT2D eigenvalue weighted by molar-refractivity contribution is 0.0982. The van der Waals surface area contributed by atoms with E-state index >= 15 is 0 Å². The van der Waals surface area contributed by atoms with Crippen LogP contribution < -0.4 is 20.1 Å². The summed E-state index contributed by atoms with van der Waals surface area (Å²) in [5.74, 6) is 0.560. The zero-order chi connectivity index (χ0) is 19.6. The molecule has 9 heteroatoms. The number of nitrogens with two attached hydrogens (primary N) is 1. The molecule has 0 aromatic heterocycles. The van der Waals surface area contributed by atoms with Crippen LogP contribution >= 0.6 is 0 Å². The van der Waals surface area contributed by atoms with Gasteiger partial charge in [0.05, 0.1) is 30.4 Å². The van der Waals surface area contributed by atoms with Gasteiger partial charge in [-0.25, -0.2) is 8.42 Å². The van der Waals surface area contributed by atoms with Gasteiger partial charge in [0.15, 0.2) is 0 Å². The summed E-state index contributed by atoms with van der Waals surface area (Å²) in [5, 5.41) is 0. The van der Waals surface area contributed by atoms with E-state index in [0.29, 0.717) is 23.2 Å². The molecule has 1 aromatic carbocycles. The highest BCUT2D eigenvalue weighted by molar-refractivity contribution is 7.92. The van der Waals surface area contributed by atoms with Crippen LogP contribution in [0.25, 0.3) is 0 Å². The molecule has 0 bridgehead atoms. The lowest BCUT2D eigenvalue weighted by Crippen LogP contribution is -2.52. The number of hydrogen-bond acceptors (Lipinski definition) is 7. The maximum Gasteiger partial charge on any atom is 0.229 e. The van der Waals surface area contributed by atoms with Gasteiger partial charge in [-0.3, -0.25) is 9.62 Å². The van der Waals surface area contributed by atoms with Crippen molar-refractivity contribution >= 4 is 27.1 Å². The molecule has 2 fully saturated rings. The Kier molecular flexibility index (Phi) is 6.02. The number of sulfonamides is 1. The van der Waals surface area contributed by atoms with E-state index in [2.05, 4.69) is 26.5 Å². The van der Waals surface area contributed by atoms with Crippen LogP contribution in [0.15, 0.2) is 12.1 Å². The summed E-state index contributed by atoms with van der Waals surface area (Å²) in [6.07, 6.45) is 3.28. The van der Waals surface area contributed by atoms with Gasteiger partial charge in [-0.05, 0) is 26.0 Å². The minimum Gasteiger partial charge on any atom is -0.495 e. The summed E-state index contributed by atoms with van der Waals surface area (Å²) >= 11 is 0. The third kappa shape index (κ3) is 4.97. The summed E-state index contributed by atoms with van der Waals surface area (Å²) in [4.78, 5) is 7.19. The molecule has 152 valence electrons. The fourth-order valence-corrected chi connectivity index (χ4v) is 4.53. The first-order chi connectivity index (χ1) is 12.8. The Morgan fingerprint density at radius 2 is 1.74 bits per heavy atom. The van der Waals surface area contributed by atoms with Crippen molar-refractivity contribution in [1.82, 2.24) is 9.80 Å². The Morgan fingerprint density at radius 3 is 2.30 bits per heavy atom. The smallest absolute Gasteiger partial charge is 0.229 e. The van der Waals surface area contributed by atoms with Crippen molar-refractivity contribution < 1.29 is 13.2 Å². The number of nitrogen functional groups attached to an aromatic ring is 1. The maximum absolute atomic E-state index is 11.8. The number of piperazine rings is 1. The predicted molar refractivity (Wildman–Crippen MR) is 110 cm³/mol. The van der Waals surface area contributed by atoms with E-state index in [-0.39, 0.29) is 0 Å². The van der Waals surface area contributed by atoms with Crippen molar-refractivity contribution in [3.63, 3.8) is 0 Å². The fourth-order valence-electron chi connectivity index (χ4n) is 3.96. The molecular formula is C18H31N5O3S. The van der Waals surface area contributed by atoms with Gasteiger partial charge >= 0.3 is 0 Å². The molecule has 0 radical (unpaired) electrons. The van der Waals surface area contributed by atoms with Crippen molar-refractivity contribution in [3.8, 4) is 5.75 Å². The number of anilines is 3. The van der Waals surface area contributed by atoms with Crippen LogP contribution in [-0.2, 0) is 10.0 Å². The summed E-state index contributed by atoms with van der Waals surface area (Å²) in [7, 11) is 0.346. The number of ether oxygens (including phenoxy) is 1. The Balaban J connectivity index is 1.74. The Labute approximate surface area is 162 Å². The van der Waals surface area contributed by atoms with E-state index in [1.165, 1.54) is 0 Å². The van der Waals surface area contributed by atoms with Crippen LogP contribution in [0.4, 0.5) is 17.1 Å². The summed E-state index contributed by atoms with van der Waals surface area (Å²) in [6, 6.07) is 4.07. The molecule has 3 N–H and O–H groups in total. The molecule has 27 heavy (non-hydrogen) atoms. The predicted octanol–water partition coefficient (Wildman–Crippen LogP) is 0.865. The largest absolute Gasteiger partial charge is 0.495 e. The highest BCUT2D eigenvalue weighted by Gasteiger charge is 2.28. The average Bonchev–Trinajstić information content (AvgIpc) is 2.61. The van der Waals surface area contributed by atoms with E-state index in [4.69, 9.17) is 10.5 Å². The van der Waals surface area contributed by atoms with Crippen molar-refractivity contribution in [2.75, 3.05) is 75.0 Å². The van der Waals surface area contributed by atoms with E-state index in [1.54, 1.807) is 13.2 Å². The topological polar surface area (TPSA) is 91.1 Å². The molecule has 1 aromatic rings. The van der Waals surface area contributed by atoms with E-state index in [0.717, 1.165) is 64.1 Å². The van der Waals surface area contributed by atoms with Crippen LogP contribution in [0.1, 0.15) is 12.8 Å². The average molecular weight is 398 g/mol. The van der Waals surface area contributed by atoms with Crippen LogP contribution in [0.2, 0.25) is 0 Å². The van der Waals surface area contributed by atoms with Gasteiger partial charge in [-0.1, -0.05) is 0 Å². The first-order valence-corrected chi connectivity index (χ1v) is 11.3. The molecule has 3 rings (SSSR count). The lowest BCUT2D eigenvalue weighted by Gasteiger charge is -2.43. The number of piperidine rings is 1. The summed E-state index contributed by atoms with van der Waals surface area (Å²) in [5.41, 5.74) is 7.74. The van der Waals surface area contributed by atoms with Crippen molar-refractivity contribution in [1.29, 1.82) is 0 Å². The molecule has 0 atom stereocenters. The maximum atomic E-state index is 11.8. The summed E-state index contributed by atoms with van der Waals surface area (Å²) in [6.45, 7) is 6.25. The SMILES string of the molecule is COc1cc(N2CCC(N3CCN(C)CC3)CC2)c(NS(C)(=O)=O)cc1N. The van der Waals surface area contributed by atoms with Crippen LogP contribution in [-0.4, -0.2) is 83.9 Å². The summed E-state index contributed by atoms with van der Waals surface area (Å²) < 4.78 is 31.5. The molecule has 8 nitrogen and oxygen atoms in total. The Morgan fingerprint density at radius 1 is 1.11 bits per heavy atom. The quantitative estimate of drug-likeness (QED) is 0.712. The first kappa shape index (κ1) is 20.0. The zero-order valence-corrected chi connectivity index (χ0v) is 17.3. The first-order valence-electron chi connectivity index (χ1n) is 9.39. The number of benzene rings is 1. The number of rotatable bonds is 5. The molecular weight excluding hydrogens is 366 g/mol. The molecule has 0 aliphatic carbocycles. The number of nitrogens with one attached hydrogen (secondary N) is 1. The Hall–Kier alpha value is -1.71. The third-order valence-corrected chi connectivity index (χ3v) is 6.09. The molecule has 2 heterocycles. The monoisotopic (exact) mass is 397 g/mol. The van der Waals surface area contributed by atoms with Gasteiger partial charge in [-0.2, -0.15) is 0 Å². The molecule has 2 aliphatic heterocycles. The highest BCUT2D eigenvalue weighted by Crippen LogP contribution is 2.37. The van der Waals surface area contributed by atoms with Crippen LogP contribution in [0.3, 0.4) is 0 Å². The molecule has 0 saturated carbocycles. The van der Waals surface area contributed by atoms with Crippen LogP contribution in [0, 0.1) is 0 Å². The number of nitrogens with zero attached hydrogens (tertiary/aromatic N) is 3. The van der Waals surface area contributed by atoms with Crippen LogP contribution in [0.5, 0.6) is 5.75 Å². The van der Waals surface area contributed by atoms with E-state index in [1.807, 2.05) is 6.07 Å². The number of methoxy groups -OCH3 is 1. The zero-order valence-electron chi connectivity index (χ0n) is 16.4. The minimum atomic E-state index is -3.39. The van der Waals surface area contributed by atoms with Gasteiger partial charge in [0.25, 0.3) is 0 Å². The van der Waals surface area contributed by atoms with E-state index < -0.39 is 10.0 Å². The normalized spacial score (nSPS) is 20.6. The second-order valence-corrected chi connectivity index (χ2v) is 9.29. The second kappa shape index (κ2) is 8.12. The van der Waals surface area contributed by atoms with Crippen molar-refractivity contribution in [2.24, 2.45) is 0 Å². The number of likely N-dealkylation sites (N-methyl/N-ethyl adjacent to an activating group) is 1. The number of hydrogen-bond donors (Lipinski definition) is 2. The van der Waals surface area contributed by atoms with Gasteiger partial charge in [0.2, 0.25) is 10.0 Å². The highest BCUT2D eigenvalue weighted by atomic mass is 32.2. The molecule has 2 aliphatic rings. The van der Waals surface area contributed by atoms with Gasteiger partial charge in [0.1, 0.15) is 5.75 Å². The molecule has 0 amide bonds. The molecule has 0 spiro atoms. The van der Waals surface area contributed by atoms with Gasteiger partial charge < -0.3 is 20.3 Å². The second-order valence-electron chi connectivity index (χ2n) is 7.54. The van der Waals surface area contributed by atoms with Crippen molar-refractivity contribution in [3.05, 3.63) is 12.1 Å². The lowest BCUT2D eigenvalue weighted by atomic mass is 10.0. The molecule has 2 saturated heterocycles. The third-order valence-electron chi connectivity index (χ3n) is 5.50. The standard InChI is InChI=1S/C18H31N5O3S/c1-21-8-10-22(11-9-21)14-4-6-23(7-5-14)17-13-18(26-2)15(19)12-16(17)20-27(3,24)25/h12-14,20H,4-11,19H2,1-3H3. The van der Waals surface area contributed by atoms with Gasteiger partial charge in [0, 0.05) is 51.4 Å².